The van der Waals surface area contributed by atoms with Gasteiger partial charge in [-0.15, -0.1) is 0 Å². The third-order valence-electron chi connectivity index (χ3n) is 5.21. The molecule has 3 aliphatic rings. The Kier molecular flexibility index (Phi) is 2.51. The third kappa shape index (κ3) is 1.82. The number of fused-ring (bicyclic) bond motifs is 1. The fraction of sp³-hybridized carbons (Fsp3) is 0.857. The summed E-state index contributed by atoms with van der Waals surface area (Å²) in [6.07, 6.45) is 3.90. The molecular weight excluding hydrogens is 240 g/mol. The molecule has 2 aliphatic heterocycles. The van der Waals surface area contributed by atoms with Crippen molar-refractivity contribution in [2.24, 2.45) is 5.92 Å². The summed E-state index contributed by atoms with van der Waals surface area (Å²) in [5.74, 6) is 2.31. The van der Waals surface area contributed by atoms with Gasteiger partial charge in [-0.2, -0.15) is 4.98 Å². The number of aromatic nitrogens is 2. The van der Waals surface area contributed by atoms with Gasteiger partial charge < -0.3 is 9.42 Å². The lowest BCUT2D eigenvalue weighted by atomic mass is 9.72. The molecule has 0 N–H and O–H groups in total. The van der Waals surface area contributed by atoms with Crippen molar-refractivity contribution < 1.29 is 4.52 Å². The zero-order valence-corrected chi connectivity index (χ0v) is 11.8. The molecule has 2 atom stereocenters. The fourth-order valence-corrected chi connectivity index (χ4v) is 3.95. The van der Waals surface area contributed by atoms with Crippen LogP contribution in [-0.4, -0.2) is 59.2 Å². The van der Waals surface area contributed by atoms with Crippen molar-refractivity contribution in [2.45, 2.75) is 37.6 Å². The number of rotatable bonds is 2. The van der Waals surface area contributed by atoms with Crippen LogP contribution >= 0.6 is 0 Å². The van der Waals surface area contributed by atoms with Crippen LogP contribution in [0.15, 0.2) is 4.52 Å². The van der Waals surface area contributed by atoms with Crippen LogP contribution in [0.2, 0.25) is 0 Å². The van der Waals surface area contributed by atoms with Crippen molar-refractivity contribution in [3.05, 3.63) is 11.7 Å². The second-order valence-corrected chi connectivity index (χ2v) is 6.67. The molecule has 19 heavy (non-hydrogen) atoms. The number of likely N-dealkylation sites (tertiary alicyclic amines) is 2. The van der Waals surface area contributed by atoms with Crippen molar-refractivity contribution in [3.8, 4) is 0 Å². The number of hydrogen-bond acceptors (Lipinski definition) is 5. The summed E-state index contributed by atoms with van der Waals surface area (Å²) in [4.78, 5) is 9.70. The topological polar surface area (TPSA) is 45.4 Å². The Bertz CT molecular complexity index is 484. The van der Waals surface area contributed by atoms with Crippen molar-refractivity contribution >= 4 is 0 Å². The summed E-state index contributed by atoms with van der Waals surface area (Å²) in [7, 11) is 2.22. The molecular formula is C14H22N4O. The van der Waals surface area contributed by atoms with Gasteiger partial charge in [0.2, 0.25) is 5.89 Å². The SMILES string of the molecule is Cc1noc([C@]23CCN(C)C[C@H]2CN(C2CC2)C3)n1. The summed E-state index contributed by atoms with van der Waals surface area (Å²) >= 11 is 0. The van der Waals surface area contributed by atoms with Gasteiger partial charge in [-0.1, -0.05) is 5.16 Å². The summed E-state index contributed by atoms with van der Waals surface area (Å²) in [6.45, 7) is 6.54. The van der Waals surface area contributed by atoms with E-state index in [9.17, 15) is 0 Å². The van der Waals surface area contributed by atoms with Crippen LogP contribution in [0, 0.1) is 12.8 Å². The number of piperidine rings is 1. The van der Waals surface area contributed by atoms with Crippen LogP contribution in [0.5, 0.6) is 0 Å². The second kappa shape index (κ2) is 4.03. The first-order valence-electron chi connectivity index (χ1n) is 7.41. The molecule has 0 spiro atoms. The third-order valence-corrected chi connectivity index (χ3v) is 5.21. The maximum Gasteiger partial charge on any atom is 0.234 e. The number of aryl methyl sites for hydroxylation is 1. The highest BCUT2D eigenvalue weighted by atomic mass is 16.5. The normalized spacial score (nSPS) is 36.6. The summed E-state index contributed by atoms with van der Waals surface area (Å²) < 4.78 is 5.59. The average Bonchev–Trinajstić information content (AvgIpc) is 3.03. The fourth-order valence-electron chi connectivity index (χ4n) is 3.95. The van der Waals surface area contributed by atoms with Crippen molar-refractivity contribution in [1.29, 1.82) is 0 Å². The molecule has 0 aromatic carbocycles. The monoisotopic (exact) mass is 262 g/mol. The minimum Gasteiger partial charge on any atom is -0.339 e. The number of nitrogens with zero attached hydrogens (tertiary/aromatic N) is 4. The van der Waals surface area contributed by atoms with E-state index in [1.807, 2.05) is 6.92 Å². The highest BCUT2D eigenvalue weighted by Crippen LogP contribution is 2.47. The Hall–Kier alpha value is -0.940. The summed E-state index contributed by atoms with van der Waals surface area (Å²) in [5.41, 5.74) is 0.121. The van der Waals surface area contributed by atoms with Crippen LogP contribution in [0.1, 0.15) is 31.0 Å². The van der Waals surface area contributed by atoms with E-state index < -0.39 is 0 Å². The van der Waals surface area contributed by atoms with Gasteiger partial charge in [0.1, 0.15) is 0 Å². The molecule has 0 unspecified atom stereocenters. The average molecular weight is 262 g/mol. The molecule has 104 valence electrons. The van der Waals surface area contributed by atoms with Crippen molar-refractivity contribution in [3.63, 3.8) is 0 Å². The van der Waals surface area contributed by atoms with E-state index in [1.165, 1.54) is 19.4 Å². The van der Waals surface area contributed by atoms with Gasteiger partial charge >= 0.3 is 0 Å². The smallest absolute Gasteiger partial charge is 0.234 e. The first kappa shape index (κ1) is 11.9. The zero-order valence-electron chi connectivity index (χ0n) is 11.8. The largest absolute Gasteiger partial charge is 0.339 e. The predicted molar refractivity (Wildman–Crippen MR) is 70.9 cm³/mol. The minimum absolute atomic E-state index is 0.121. The van der Waals surface area contributed by atoms with E-state index in [0.717, 1.165) is 43.8 Å². The molecule has 3 fully saturated rings. The quantitative estimate of drug-likeness (QED) is 0.797. The molecule has 1 aromatic heterocycles. The molecule has 4 rings (SSSR count). The van der Waals surface area contributed by atoms with Crippen LogP contribution in [0.25, 0.3) is 0 Å². The van der Waals surface area contributed by atoms with Crippen molar-refractivity contribution in [1.82, 2.24) is 19.9 Å². The Balaban J connectivity index is 1.69. The lowest BCUT2D eigenvalue weighted by Gasteiger charge is -2.39. The predicted octanol–water partition coefficient (Wildman–Crippen LogP) is 1.05. The molecule has 2 saturated heterocycles. The van der Waals surface area contributed by atoms with Gasteiger partial charge in [0, 0.05) is 25.7 Å². The molecule has 5 heteroatoms. The Morgan fingerprint density at radius 1 is 1.32 bits per heavy atom. The van der Waals surface area contributed by atoms with Gasteiger partial charge in [0.15, 0.2) is 5.82 Å². The van der Waals surface area contributed by atoms with Crippen LogP contribution in [-0.2, 0) is 5.41 Å². The second-order valence-electron chi connectivity index (χ2n) is 6.67. The van der Waals surface area contributed by atoms with Crippen LogP contribution in [0.4, 0.5) is 0 Å². The molecule has 3 heterocycles. The highest BCUT2D eigenvalue weighted by Gasteiger charge is 2.55. The van der Waals surface area contributed by atoms with Crippen LogP contribution in [0.3, 0.4) is 0 Å². The van der Waals surface area contributed by atoms with E-state index in [1.54, 1.807) is 0 Å². The molecule has 0 amide bonds. The summed E-state index contributed by atoms with van der Waals surface area (Å²) in [6, 6.07) is 0.830. The molecule has 0 radical (unpaired) electrons. The molecule has 1 aliphatic carbocycles. The summed E-state index contributed by atoms with van der Waals surface area (Å²) in [5, 5.41) is 4.03. The van der Waals surface area contributed by atoms with E-state index in [0.29, 0.717) is 5.92 Å². The lowest BCUT2D eigenvalue weighted by molar-refractivity contribution is 0.118. The van der Waals surface area contributed by atoms with E-state index >= 15 is 0 Å². The zero-order chi connectivity index (χ0) is 13.0. The Morgan fingerprint density at radius 2 is 2.16 bits per heavy atom. The lowest BCUT2D eigenvalue weighted by Crippen LogP contribution is -2.48. The maximum atomic E-state index is 5.59. The Labute approximate surface area is 113 Å². The van der Waals surface area contributed by atoms with E-state index in [2.05, 4.69) is 27.0 Å². The highest BCUT2D eigenvalue weighted by molar-refractivity contribution is 5.18. The number of hydrogen-bond donors (Lipinski definition) is 0. The van der Waals surface area contributed by atoms with Gasteiger partial charge in [-0.05, 0) is 45.7 Å². The van der Waals surface area contributed by atoms with E-state index in [-0.39, 0.29) is 5.41 Å². The van der Waals surface area contributed by atoms with Crippen LogP contribution < -0.4 is 0 Å². The van der Waals surface area contributed by atoms with Gasteiger partial charge in [0.05, 0.1) is 5.41 Å². The molecule has 5 nitrogen and oxygen atoms in total. The first-order valence-corrected chi connectivity index (χ1v) is 7.41. The van der Waals surface area contributed by atoms with Gasteiger partial charge in [0.25, 0.3) is 0 Å². The van der Waals surface area contributed by atoms with Crippen molar-refractivity contribution in [2.75, 3.05) is 33.2 Å². The Morgan fingerprint density at radius 3 is 2.84 bits per heavy atom. The van der Waals surface area contributed by atoms with Gasteiger partial charge in [-0.3, -0.25) is 4.90 Å². The maximum absolute atomic E-state index is 5.59. The standard InChI is InChI=1S/C14H22N4O/c1-10-15-13(19-16-10)14-5-6-17(2)7-11(14)8-18(9-14)12-3-4-12/h11-12H,3-9H2,1-2H3/t11-,14-/m0/s1. The first-order chi connectivity index (χ1) is 9.17. The van der Waals surface area contributed by atoms with E-state index in [4.69, 9.17) is 4.52 Å². The molecule has 0 bridgehead atoms. The van der Waals surface area contributed by atoms with Gasteiger partial charge in [-0.25, -0.2) is 0 Å². The minimum atomic E-state index is 0.121. The molecule has 1 aromatic rings. The molecule has 1 saturated carbocycles.